The van der Waals surface area contributed by atoms with Crippen molar-refractivity contribution in [2.24, 2.45) is 17.3 Å². The first-order chi connectivity index (χ1) is 6.68. The van der Waals surface area contributed by atoms with Crippen LogP contribution in [-0.2, 0) is 9.53 Å². The summed E-state index contributed by atoms with van der Waals surface area (Å²) in [7, 11) is 0. The first kappa shape index (κ1) is 9.50. The first-order valence-corrected chi connectivity index (χ1v) is 5.23. The fraction of sp³-hybridized carbons (Fsp3) is 0.583. The Balaban J connectivity index is 2.11. The van der Waals surface area contributed by atoms with Crippen LogP contribution in [0.15, 0.2) is 24.3 Å². The molecule has 0 saturated heterocycles. The molecule has 76 valence electrons. The molecule has 0 aromatic heterocycles. The van der Waals surface area contributed by atoms with Gasteiger partial charge in [0.05, 0.1) is 12.5 Å². The van der Waals surface area contributed by atoms with Gasteiger partial charge in [0.15, 0.2) is 0 Å². The van der Waals surface area contributed by atoms with Crippen LogP contribution < -0.4 is 0 Å². The number of allylic oxidation sites excluding steroid dienone is 4. The van der Waals surface area contributed by atoms with Gasteiger partial charge < -0.3 is 4.74 Å². The standard InChI is InChI=1S/C12H16O2/c1-3-14-11(13)9(2)12-6-4-10(8-12)5-7-12/h4-7,9-10H,3,8H2,1-2H3. The SMILES string of the molecule is CCOC(=O)C(C)C12C=CC(C=C1)C2. The molecule has 0 amide bonds. The Bertz CT molecular complexity index is 287. The van der Waals surface area contributed by atoms with Gasteiger partial charge in [-0.3, -0.25) is 4.79 Å². The van der Waals surface area contributed by atoms with Gasteiger partial charge in [-0.25, -0.2) is 0 Å². The maximum atomic E-state index is 11.6. The van der Waals surface area contributed by atoms with Crippen LogP contribution in [0.5, 0.6) is 0 Å². The number of esters is 1. The highest BCUT2D eigenvalue weighted by molar-refractivity contribution is 5.74. The first-order valence-electron chi connectivity index (χ1n) is 5.23. The fourth-order valence-electron chi connectivity index (χ4n) is 2.36. The molecule has 0 N–H and O–H groups in total. The van der Waals surface area contributed by atoms with E-state index < -0.39 is 0 Å². The number of rotatable bonds is 3. The normalized spacial score (nSPS) is 34.9. The number of hydrogen-bond acceptors (Lipinski definition) is 2. The summed E-state index contributed by atoms with van der Waals surface area (Å²) in [5, 5.41) is 0. The molecule has 0 saturated carbocycles. The predicted octanol–water partition coefficient (Wildman–Crippen LogP) is 2.32. The van der Waals surface area contributed by atoms with Crippen LogP contribution in [-0.4, -0.2) is 12.6 Å². The molecule has 1 unspecified atom stereocenters. The second kappa shape index (κ2) is 3.26. The van der Waals surface area contributed by atoms with E-state index in [1.165, 1.54) is 0 Å². The molecule has 0 fully saturated rings. The molecule has 2 aliphatic carbocycles. The topological polar surface area (TPSA) is 26.3 Å². The van der Waals surface area contributed by atoms with Crippen molar-refractivity contribution in [2.75, 3.05) is 6.61 Å². The third kappa shape index (κ3) is 1.29. The van der Waals surface area contributed by atoms with E-state index in [4.69, 9.17) is 4.74 Å². The van der Waals surface area contributed by atoms with Crippen molar-refractivity contribution < 1.29 is 9.53 Å². The maximum Gasteiger partial charge on any atom is 0.309 e. The molecule has 14 heavy (non-hydrogen) atoms. The van der Waals surface area contributed by atoms with Gasteiger partial charge in [-0.15, -0.1) is 0 Å². The van der Waals surface area contributed by atoms with Crippen molar-refractivity contribution in [1.29, 1.82) is 0 Å². The average Bonchev–Trinajstić information content (AvgIpc) is 2.77. The Labute approximate surface area is 84.6 Å². The number of ether oxygens (including phenoxy) is 1. The molecule has 0 aliphatic heterocycles. The summed E-state index contributed by atoms with van der Waals surface area (Å²) in [6.45, 7) is 4.27. The summed E-state index contributed by atoms with van der Waals surface area (Å²) < 4.78 is 5.05. The van der Waals surface area contributed by atoms with E-state index in [2.05, 4.69) is 24.3 Å². The second-order valence-electron chi connectivity index (χ2n) is 4.17. The Morgan fingerprint density at radius 1 is 1.57 bits per heavy atom. The van der Waals surface area contributed by atoms with Gasteiger partial charge >= 0.3 is 5.97 Å². The van der Waals surface area contributed by atoms with Crippen LogP contribution in [0.1, 0.15) is 20.3 Å². The summed E-state index contributed by atoms with van der Waals surface area (Å²) in [6.07, 6.45) is 9.76. The minimum atomic E-state index is -0.0793. The molecule has 0 radical (unpaired) electrons. The van der Waals surface area contributed by atoms with Crippen molar-refractivity contribution in [3.8, 4) is 0 Å². The molecule has 0 aromatic carbocycles. The van der Waals surface area contributed by atoms with Crippen molar-refractivity contribution in [1.82, 2.24) is 0 Å². The lowest BCUT2D eigenvalue weighted by Crippen LogP contribution is -2.29. The van der Waals surface area contributed by atoms with E-state index in [0.717, 1.165) is 6.42 Å². The fourth-order valence-corrected chi connectivity index (χ4v) is 2.36. The minimum absolute atomic E-state index is 0.0447. The van der Waals surface area contributed by atoms with Crippen molar-refractivity contribution in [2.45, 2.75) is 20.3 Å². The average molecular weight is 192 g/mol. The van der Waals surface area contributed by atoms with Gasteiger partial charge in [-0.1, -0.05) is 31.2 Å². The van der Waals surface area contributed by atoms with Gasteiger partial charge in [0, 0.05) is 5.41 Å². The zero-order valence-electron chi connectivity index (χ0n) is 8.69. The predicted molar refractivity (Wildman–Crippen MR) is 54.6 cm³/mol. The molecule has 0 heterocycles. The monoisotopic (exact) mass is 192 g/mol. The highest BCUT2D eigenvalue weighted by atomic mass is 16.5. The summed E-state index contributed by atoms with van der Waals surface area (Å²) in [5.41, 5.74) is -0.0447. The minimum Gasteiger partial charge on any atom is -0.466 e. The summed E-state index contributed by atoms with van der Waals surface area (Å²) in [5.74, 6) is 0.415. The van der Waals surface area contributed by atoms with Gasteiger partial charge in [0.25, 0.3) is 0 Å². The maximum absolute atomic E-state index is 11.6. The van der Waals surface area contributed by atoms with Crippen LogP contribution in [0.25, 0.3) is 0 Å². The quantitative estimate of drug-likeness (QED) is 0.506. The molecule has 2 aliphatic rings. The number of hydrogen-bond donors (Lipinski definition) is 0. The Kier molecular flexibility index (Phi) is 2.22. The smallest absolute Gasteiger partial charge is 0.309 e. The highest BCUT2D eigenvalue weighted by Crippen LogP contribution is 2.49. The van der Waals surface area contributed by atoms with Gasteiger partial charge in [-0.2, -0.15) is 0 Å². The lowest BCUT2D eigenvalue weighted by atomic mass is 9.77. The molecule has 1 atom stereocenters. The van der Waals surface area contributed by atoms with E-state index in [9.17, 15) is 4.79 Å². The summed E-state index contributed by atoms with van der Waals surface area (Å²) >= 11 is 0. The number of carbonyl (C=O) groups excluding carboxylic acids is 1. The van der Waals surface area contributed by atoms with Gasteiger partial charge in [-0.05, 0) is 19.3 Å². The largest absolute Gasteiger partial charge is 0.466 e. The molecule has 2 bridgehead atoms. The molecule has 2 heteroatoms. The van der Waals surface area contributed by atoms with E-state index in [1.807, 2.05) is 13.8 Å². The summed E-state index contributed by atoms with van der Waals surface area (Å²) in [6, 6.07) is 0. The molecular weight excluding hydrogens is 176 g/mol. The lowest BCUT2D eigenvalue weighted by molar-refractivity contribution is -0.149. The Morgan fingerprint density at radius 3 is 2.64 bits per heavy atom. The van der Waals surface area contributed by atoms with Gasteiger partial charge in [0.1, 0.15) is 0 Å². The highest BCUT2D eigenvalue weighted by Gasteiger charge is 2.44. The van der Waals surface area contributed by atoms with Crippen molar-refractivity contribution in [3.63, 3.8) is 0 Å². The van der Waals surface area contributed by atoms with E-state index in [1.54, 1.807) is 0 Å². The molecule has 2 rings (SSSR count). The Hall–Kier alpha value is -1.05. The van der Waals surface area contributed by atoms with Crippen LogP contribution in [0.3, 0.4) is 0 Å². The van der Waals surface area contributed by atoms with E-state index in [0.29, 0.717) is 12.5 Å². The zero-order valence-corrected chi connectivity index (χ0v) is 8.69. The summed E-state index contributed by atoms with van der Waals surface area (Å²) in [4.78, 5) is 11.6. The second-order valence-corrected chi connectivity index (χ2v) is 4.17. The lowest BCUT2D eigenvalue weighted by Gasteiger charge is -2.27. The third-order valence-corrected chi connectivity index (χ3v) is 3.34. The van der Waals surface area contributed by atoms with Crippen LogP contribution >= 0.6 is 0 Å². The van der Waals surface area contributed by atoms with Crippen molar-refractivity contribution in [3.05, 3.63) is 24.3 Å². The van der Waals surface area contributed by atoms with E-state index in [-0.39, 0.29) is 17.3 Å². The van der Waals surface area contributed by atoms with Crippen LogP contribution in [0, 0.1) is 17.3 Å². The third-order valence-electron chi connectivity index (χ3n) is 3.34. The molecule has 0 spiro atoms. The van der Waals surface area contributed by atoms with Gasteiger partial charge in [0.2, 0.25) is 0 Å². The number of fused-ring (bicyclic) bond motifs is 2. The van der Waals surface area contributed by atoms with Crippen molar-refractivity contribution >= 4 is 5.97 Å². The van der Waals surface area contributed by atoms with E-state index >= 15 is 0 Å². The molecular formula is C12H16O2. The van der Waals surface area contributed by atoms with Crippen LogP contribution in [0.2, 0.25) is 0 Å². The van der Waals surface area contributed by atoms with Crippen LogP contribution in [0.4, 0.5) is 0 Å². The Morgan fingerprint density at radius 2 is 2.21 bits per heavy atom. The molecule has 0 aromatic rings. The zero-order chi connectivity index (χ0) is 10.2. The number of carbonyl (C=O) groups is 1. The molecule has 2 nitrogen and oxygen atoms in total.